The van der Waals surface area contributed by atoms with Crippen LogP contribution < -0.4 is 87.6 Å². The number of aliphatic hydroxyl groups excluding tert-OH is 3. The zero-order valence-corrected chi connectivity index (χ0v) is 54.9. The first-order valence-corrected chi connectivity index (χ1v) is 32.7. The largest absolute Gasteiger partial charge is 0.480 e. The Kier molecular flexibility index (Phi) is 35.2. The summed E-state index contributed by atoms with van der Waals surface area (Å²) in [7, 11) is 0. The van der Waals surface area contributed by atoms with Gasteiger partial charge < -0.3 is 108 Å². The average molecular weight is 1330 g/mol. The topological polar surface area (TPSA) is 573 Å². The molecule has 34 nitrogen and oxygen atoms in total. The van der Waals surface area contributed by atoms with Gasteiger partial charge in [-0.25, -0.2) is 4.79 Å². The summed E-state index contributed by atoms with van der Waals surface area (Å²) in [6.45, 7) is 6.69. The predicted molar refractivity (Wildman–Crippen MR) is 348 cm³/mol. The molecule has 2 aliphatic carbocycles. The fraction of sp³-hybridized carbons (Fsp3) is 0.750. The van der Waals surface area contributed by atoms with E-state index < -0.39 is 149 Å². The highest BCUT2D eigenvalue weighted by Crippen LogP contribution is 2.31. The van der Waals surface area contributed by atoms with Crippen molar-refractivity contribution >= 4 is 77.0 Å². The maximum Gasteiger partial charge on any atom is 0.328 e. The molecule has 0 saturated heterocycles. The molecule has 3 aliphatic rings. The maximum atomic E-state index is 15.0. The molecular weight excluding hydrogens is 1230 g/mol. The minimum Gasteiger partial charge on any atom is -0.480 e. The van der Waals surface area contributed by atoms with E-state index in [0.29, 0.717) is 57.9 Å². The summed E-state index contributed by atoms with van der Waals surface area (Å²) in [5.41, 5.74) is 30.4. The van der Waals surface area contributed by atoms with Crippen LogP contribution in [0.3, 0.4) is 0 Å². The number of amides is 10. The number of carboxylic acid groups (broad SMARTS) is 1. The molecule has 94 heavy (non-hydrogen) atoms. The van der Waals surface area contributed by atoms with Gasteiger partial charge in [-0.05, 0) is 137 Å². The summed E-state index contributed by atoms with van der Waals surface area (Å²) in [6.07, 6.45) is 8.09. The second-order valence-electron chi connectivity index (χ2n) is 24.7. The van der Waals surface area contributed by atoms with Crippen molar-refractivity contribution in [3.8, 4) is 0 Å². The number of aliphatic hydroxyl groups is 3. The Balaban J connectivity index is 1.91. The van der Waals surface area contributed by atoms with Crippen LogP contribution in [0.2, 0.25) is 0 Å². The van der Waals surface area contributed by atoms with Gasteiger partial charge in [0.05, 0.1) is 24.9 Å². The SMILES string of the molecule is C[C@H](N)C(=O)N[C@@H](CCCN=C(N)N)C(=O)NC1(C(=O)N[C@@H](CCCCN2CC=CCC2)C(=O)NC2(C(=O)N[C@H](C(=O)N[C@@H](C)C(=O)N[C@@H](CCCN=C(N)N)C(=O)N[C@@H](CCCCN)C(=O)N[C@@H](CO)C(=O)N[C@H](C(=O)O)[C@@H](C)O)[C@@H](C)O)CCCCC2)CCCCC1. The number of nitrogens with zero attached hydrogens (tertiary/aromatic N) is 3. The van der Waals surface area contributed by atoms with E-state index in [0.717, 1.165) is 32.9 Å². The number of hydrogen-bond acceptors (Lipinski definition) is 19. The van der Waals surface area contributed by atoms with Gasteiger partial charge in [0, 0.05) is 26.2 Å². The number of nitrogens with one attached hydrogen (secondary N) is 10. The number of carbonyl (C=O) groups is 11. The number of rotatable bonds is 41. The molecule has 2 fully saturated rings. The number of unbranched alkanes of at least 4 members (excludes halogenated alkanes) is 2. The average Bonchev–Trinajstić information content (AvgIpc) is 0.854. The second-order valence-corrected chi connectivity index (χ2v) is 24.7. The van der Waals surface area contributed by atoms with Crippen LogP contribution in [0.4, 0.5) is 0 Å². The van der Waals surface area contributed by atoms with E-state index in [9.17, 15) is 73.2 Å². The van der Waals surface area contributed by atoms with Crippen molar-refractivity contribution in [2.75, 3.05) is 45.9 Å². The number of carboxylic acids is 1. The molecule has 532 valence electrons. The van der Waals surface area contributed by atoms with Crippen molar-refractivity contribution < 1.29 is 73.2 Å². The van der Waals surface area contributed by atoms with Gasteiger partial charge in [-0.1, -0.05) is 50.7 Å². The number of guanidine groups is 2. The van der Waals surface area contributed by atoms with Crippen molar-refractivity contribution in [1.29, 1.82) is 0 Å². The van der Waals surface area contributed by atoms with Crippen LogP contribution in [0, 0.1) is 0 Å². The zero-order chi connectivity index (χ0) is 70.1. The summed E-state index contributed by atoms with van der Waals surface area (Å²) >= 11 is 0. The van der Waals surface area contributed by atoms with Crippen molar-refractivity contribution in [3.05, 3.63) is 12.2 Å². The molecule has 3 rings (SSSR count). The van der Waals surface area contributed by atoms with E-state index in [1.807, 2.05) is 5.32 Å². The molecule has 2 saturated carbocycles. The lowest BCUT2D eigenvalue weighted by atomic mass is 9.79. The van der Waals surface area contributed by atoms with Crippen LogP contribution in [0.1, 0.15) is 163 Å². The molecule has 0 aromatic rings. The Morgan fingerprint density at radius 1 is 0.500 bits per heavy atom. The van der Waals surface area contributed by atoms with Gasteiger partial charge >= 0.3 is 5.97 Å². The molecule has 11 atom stereocenters. The smallest absolute Gasteiger partial charge is 0.328 e. The lowest BCUT2D eigenvalue weighted by molar-refractivity contribution is -0.145. The van der Waals surface area contributed by atoms with Gasteiger partial charge in [0.2, 0.25) is 59.1 Å². The van der Waals surface area contributed by atoms with Crippen LogP contribution in [-0.4, -0.2) is 226 Å². The van der Waals surface area contributed by atoms with E-state index in [1.165, 1.54) is 20.8 Å². The summed E-state index contributed by atoms with van der Waals surface area (Å²) < 4.78 is 0. The molecule has 26 N–H and O–H groups in total. The van der Waals surface area contributed by atoms with E-state index in [2.05, 4.69) is 74.9 Å². The third kappa shape index (κ3) is 27.3. The Morgan fingerprint density at radius 3 is 1.38 bits per heavy atom. The minimum absolute atomic E-state index is 0.0136. The van der Waals surface area contributed by atoms with Crippen LogP contribution >= 0.6 is 0 Å². The number of aliphatic imine (C=N–C) groups is 2. The molecule has 1 heterocycles. The first kappa shape index (κ1) is 80.4. The predicted octanol–water partition coefficient (Wildman–Crippen LogP) is -5.62. The summed E-state index contributed by atoms with van der Waals surface area (Å²) in [6, 6.07) is -13.0. The molecule has 0 bridgehead atoms. The quantitative estimate of drug-likeness (QED) is 0.0117. The standard InChI is InChI=1S/C60H107N19O15/c1-35(62)46(83)70-41(23-19-30-68-58(65)66)51(88)77-59(24-10-5-11-25-59)55(93)74-42(21-9-17-33-79-31-15-7-16-32-79)52(89)78-60(26-12-6-13-27-60)56(94)76-44(37(3)81)53(90)69-36(2)47(84)71-40(22-18-29-67-57(63)64)48(85)72-39(20-8-14-28-61)49(86)73-43(34-80)50(87)75-45(38(4)82)54(91)92/h7,15,35-45,80-82H,5-6,8-14,16-34,61-62H2,1-4H3,(H,69,90)(H,70,83)(H,71,84)(H,72,85)(H,73,86)(H,74,93)(H,75,87)(H,76,94)(H,77,88)(H,78,89)(H,91,92)(H4,63,64,67)(H4,65,66,68)/t35-,36-,37+,38+,39-,40-,41-,42-,43-,44-,45-/m0/s1. The Morgan fingerprint density at radius 2 is 0.936 bits per heavy atom. The van der Waals surface area contributed by atoms with E-state index >= 15 is 0 Å². The van der Waals surface area contributed by atoms with E-state index in [4.69, 9.17) is 34.4 Å². The third-order valence-electron chi connectivity index (χ3n) is 16.8. The van der Waals surface area contributed by atoms with Crippen LogP contribution in [0.25, 0.3) is 0 Å². The fourth-order valence-electron chi connectivity index (χ4n) is 11.3. The summed E-state index contributed by atoms with van der Waals surface area (Å²) in [5, 5.41) is 66.5. The van der Waals surface area contributed by atoms with Crippen molar-refractivity contribution in [1.82, 2.24) is 58.1 Å². The molecule has 10 amide bonds. The van der Waals surface area contributed by atoms with Crippen LogP contribution in [-0.2, 0) is 52.7 Å². The Hall–Kier alpha value is -7.79. The molecule has 0 aromatic heterocycles. The molecule has 0 spiro atoms. The molecule has 0 aromatic carbocycles. The van der Waals surface area contributed by atoms with Crippen molar-refractivity contribution in [3.63, 3.8) is 0 Å². The first-order valence-electron chi connectivity index (χ1n) is 32.7. The second kappa shape index (κ2) is 41.1. The molecule has 0 unspecified atom stereocenters. The van der Waals surface area contributed by atoms with E-state index in [-0.39, 0.29) is 102 Å². The molecular formula is C60H107N19O15. The lowest BCUT2D eigenvalue weighted by Crippen LogP contribution is -2.68. The highest BCUT2D eigenvalue weighted by Gasteiger charge is 2.47. The fourth-order valence-corrected chi connectivity index (χ4v) is 11.3. The monoisotopic (exact) mass is 1330 g/mol. The molecule has 1 aliphatic heterocycles. The molecule has 0 radical (unpaired) electrons. The lowest BCUT2D eigenvalue weighted by Gasteiger charge is -2.40. The van der Waals surface area contributed by atoms with Gasteiger partial charge in [-0.2, -0.15) is 0 Å². The number of nitrogens with two attached hydrogens (primary N) is 6. The van der Waals surface area contributed by atoms with Gasteiger partial charge in [0.25, 0.3) is 0 Å². The van der Waals surface area contributed by atoms with E-state index in [1.54, 1.807) is 0 Å². The van der Waals surface area contributed by atoms with Crippen LogP contribution in [0.15, 0.2) is 22.1 Å². The van der Waals surface area contributed by atoms with Crippen LogP contribution in [0.5, 0.6) is 0 Å². The zero-order valence-electron chi connectivity index (χ0n) is 54.9. The number of hydrogen-bond donors (Lipinski definition) is 20. The summed E-state index contributed by atoms with van der Waals surface area (Å²) in [4.78, 5) is 163. The number of aliphatic carboxylic acids is 1. The van der Waals surface area contributed by atoms with Gasteiger partial charge in [0.1, 0.15) is 53.4 Å². The Bertz CT molecular complexity index is 2600. The minimum atomic E-state index is -1.80. The van der Waals surface area contributed by atoms with Gasteiger partial charge in [0.15, 0.2) is 18.0 Å². The third-order valence-corrected chi connectivity index (χ3v) is 16.8. The first-order chi connectivity index (χ1) is 44.5. The van der Waals surface area contributed by atoms with Gasteiger partial charge in [-0.3, -0.25) is 62.8 Å². The van der Waals surface area contributed by atoms with Gasteiger partial charge in [-0.15, -0.1) is 0 Å². The maximum absolute atomic E-state index is 15.0. The Labute approximate surface area is 549 Å². The highest BCUT2D eigenvalue weighted by atomic mass is 16.4. The van der Waals surface area contributed by atoms with Crippen molar-refractivity contribution in [2.24, 2.45) is 44.4 Å². The molecule has 34 heteroatoms. The summed E-state index contributed by atoms with van der Waals surface area (Å²) in [5.74, 6) is -10.5. The van der Waals surface area contributed by atoms with Crippen molar-refractivity contribution in [2.45, 2.75) is 240 Å². The number of carbonyl (C=O) groups excluding carboxylic acids is 10. The highest BCUT2D eigenvalue weighted by molar-refractivity contribution is 6.01. The normalized spacial score (nSPS) is 18.6.